The molecule has 1 fully saturated rings. The molecular formula is C26H27N3O4. The monoisotopic (exact) mass is 445 g/mol. The Labute approximate surface area is 192 Å². The van der Waals surface area contributed by atoms with Gasteiger partial charge in [-0.15, -0.1) is 0 Å². The topological polar surface area (TPSA) is 84.7 Å². The van der Waals surface area contributed by atoms with Crippen molar-refractivity contribution in [3.63, 3.8) is 0 Å². The van der Waals surface area contributed by atoms with E-state index in [1.165, 1.54) is 0 Å². The predicted octanol–water partition coefficient (Wildman–Crippen LogP) is 4.18. The molecule has 7 heteroatoms. The van der Waals surface area contributed by atoms with Gasteiger partial charge in [0.05, 0.1) is 24.0 Å². The maximum absolute atomic E-state index is 13.1. The molecule has 3 aromatic rings. The molecule has 1 aliphatic heterocycles. The number of amides is 1. The van der Waals surface area contributed by atoms with E-state index in [0.717, 1.165) is 5.56 Å². The number of hydrogen-bond acceptors (Lipinski definition) is 5. The SMILES string of the molecule is CC(C)Oc1ccc([C@@H]2/C(=C(\O)c3ccccc3)C(=O)C(=O)N2CCCn2ccnc2)cc1. The lowest BCUT2D eigenvalue weighted by atomic mass is 9.95. The summed E-state index contributed by atoms with van der Waals surface area (Å²) in [5.74, 6) is -0.746. The van der Waals surface area contributed by atoms with E-state index in [9.17, 15) is 14.7 Å². The van der Waals surface area contributed by atoms with E-state index in [1.807, 2.05) is 54.9 Å². The first-order chi connectivity index (χ1) is 16.0. The zero-order valence-electron chi connectivity index (χ0n) is 18.7. The van der Waals surface area contributed by atoms with Gasteiger partial charge in [0.2, 0.25) is 0 Å². The van der Waals surface area contributed by atoms with Crippen LogP contribution in [0.15, 0.2) is 78.9 Å². The van der Waals surface area contributed by atoms with Crippen molar-refractivity contribution in [3.05, 3.63) is 90.0 Å². The van der Waals surface area contributed by atoms with Crippen molar-refractivity contribution in [2.24, 2.45) is 0 Å². The van der Waals surface area contributed by atoms with Gasteiger partial charge in [0.1, 0.15) is 11.5 Å². The molecule has 1 amide bonds. The summed E-state index contributed by atoms with van der Waals surface area (Å²) in [5.41, 5.74) is 1.34. The Bertz CT molecular complexity index is 1140. The molecule has 33 heavy (non-hydrogen) atoms. The number of carbonyl (C=O) groups is 2. The number of aryl methyl sites for hydroxylation is 1. The summed E-state index contributed by atoms with van der Waals surface area (Å²) in [6.07, 6.45) is 5.94. The zero-order valence-corrected chi connectivity index (χ0v) is 18.7. The highest BCUT2D eigenvalue weighted by Crippen LogP contribution is 2.39. The number of hydrogen-bond donors (Lipinski definition) is 1. The van der Waals surface area contributed by atoms with Crippen molar-refractivity contribution in [1.82, 2.24) is 14.5 Å². The van der Waals surface area contributed by atoms with Crippen LogP contribution in [0.4, 0.5) is 0 Å². The van der Waals surface area contributed by atoms with Crippen LogP contribution >= 0.6 is 0 Å². The molecule has 0 aliphatic carbocycles. The average molecular weight is 446 g/mol. The van der Waals surface area contributed by atoms with Crippen molar-refractivity contribution in [2.45, 2.75) is 39.0 Å². The fourth-order valence-corrected chi connectivity index (χ4v) is 4.05. The highest BCUT2D eigenvalue weighted by Gasteiger charge is 2.45. The van der Waals surface area contributed by atoms with Crippen molar-refractivity contribution >= 4 is 17.4 Å². The number of nitrogens with zero attached hydrogens (tertiary/aromatic N) is 3. The fraction of sp³-hybridized carbons (Fsp3) is 0.269. The van der Waals surface area contributed by atoms with E-state index >= 15 is 0 Å². The minimum atomic E-state index is -0.680. The van der Waals surface area contributed by atoms with E-state index < -0.39 is 17.7 Å². The van der Waals surface area contributed by atoms with Crippen LogP contribution in [0.25, 0.3) is 5.76 Å². The number of imidazole rings is 1. The first-order valence-electron chi connectivity index (χ1n) is 11.0. The predicted molar refractivity (Wildman–Crippen MR) is 125 cm³/mol. The molecule has 1 aliphatic rings. The number of aromatic nitrogens is 2. The number of rotatable bonds is 8. The number of aliphatic hydroxyl groups excluding tert-OH is 1. The molecule has 0 saturated carbocycles. The van der Waals surface area contributed by atoms with Crippen LogP contribution in [0, 0.1) is 0 Å². The molecule has 0 radical (unpaired) electrons. The first-order valence-corrected chi connectivity index (χ1v) is 11.0. The molecule has 1 N–H and O–H groups in total. The highest BCUT2D eigenvalue weighted by molar-refractivity contribution is 6.46. The lowest BCUT2D eigenvalue weighted by Gasteiger charge is -2.25. The average Bonchev–Trinajstić information content (AvgIpc) is 3.42. The van der Waals surface area contributed by atoms with Crippen LogP contribution in [-0.2, 0) is 16.1 Å². The van der Waals surface area contributed by atoms with Crippen LogP contribution in [0.5, 0.6) is 5.75 Å². The van der Waals surface area contributed by atoms with Gasteiger partial charge in [-0.05, 0) is 38.0 Å². The number of carbonyl (C=O) groups excluding carboxylic acids is 2. The molecule has 4 rings (SSSR count). The van der Waals surface area contributed by atoms with Crippen LogP contribution in [0.3, 0.4) is 0 Å². The lowest BCUT2D eigenvalue weighted by molar-refractivity contribution is -0.139. The largest absolute Gasteiger partial charge is 0.507 e. The molecule has 0 spiro atoms. The Balaban J connectivity index is 1.70. The van der Waals surface area contributed by atoms with Gasteiger partial charge < -0.3 is 19.3 Å². The Morgan fingerprint density at radius 3 is 2.42 bits per heavy atom. The smallest absolute Gasteiger partial charge is 0.295 e. The van der Waals surface area contributed by atoms with E-state index in [0.29, 0.717) is 30.8 Å². The third-order valence-electron chi connectivity index (χ3n) is 5.53. The Kier molecular flexibility index (Phi) is 6.58. The Morgan fingerprint density at radius 1 is 1.06 bits per heavy atom. The molecule has 170 valence electrons. The van der Waals surface area contributed by atoms with Gasteiger partial charge >= 0.3 is 0 Å². The molecule has 2 heterocycles. The first kappa shape index (κ1) is 22.3. The summed E-state index contributed by atoms with van der Waals surface area (Å²) in [4.78, 5) is 31.7. The van der Waals surface area contributed by atoms with Gasteiger partial charge in [-0.3, -0.25) is 9.59 Å². The van der Waals surface area contributed by atoms with Crippen LogP contribution in [-0.4, -0.2) is 43.9 Å². The lowest BCUT2D eigenvalue weighted by Crippen LogP contribution is -2.31. The molecule has 1 saturated heterocycles. The third kappa shape index (κ3) is 4.82. The van der Waals surface area contributed by atoms with Crippen molar-refractivity contribution in [1.29, 1.82) is 0 Å². The Morgan fingerprint density at radius 2 is 1.79 bits per heavy atom. The van der Waals surface area contributed by atoms with Crippen LogP contribution < -0.4 is 4.74 Å². The maximum Gasteiger partial charge on any atom is 0.295 e. The van der Waals surface area contributed by atoms with E-state index in [-0.39, 0.29) is 17.4 Å². The number of benzene rings is 2. The van der Waals surface area contributed by atoms with Gasteiger partial charge in [-0.1, -0.05) is 42.5 Å². The van der Waals surface area contributed by atoms with Gasteiger partial charge in [-0.25, -0.2) is 4.98 Å². The third-order valence-corrected chi connectivity index (χ3v) is 5.53. The second-order valence-corrected chi connectivity index (χ2v) is 8.25. The molecule has 1 atom stereocenters. The maximum atomic E-state index is 13.1. The van der Waals surface area contributed by atoms with Crippen molar-refractivity contribution in [3.8, 4) is 5.75 Å². The van der Waals surface area contributed by atoms with E-state index in [1.54, 1.807) is 41.7 Å². The number of likely N-dealkylation sites (tertiary alicyclic amines) is 1. The summed E-state index contributed by atoms with van der Waals surface area (Å²) < 4.78 is 7.66. The Hall–Kier alpha value is -3.87. The summed E-state index contributed by atoms with van der Waals surface area (Å²) >= 11 is 0. The van der Waals surface area contributed by atoms with E-state index in [2.05, 4.69) is 4.98 Å². The second kappa shape index (κ2) is 9.73. The summed E-state index contributed by atoms with van der Waals surface area (Å²) in [5, 5.41) is 11.1. The van der Waals surface area contributed by atoms with E-state index in [4.69, 9.17) is 4.74 Å². The zero-order chi connectivity index (χ0) is 23.4. The molecule has 2 aromatic carbocycles. The minimum absolute atomic E-state index is 0.0303. The highest BCUT2D eigenvalue weighted by atomic mass is 16.5. The van der Waals surface area contributed by atoms with Gasteiger partial charge in [0.15, 0.2) is 0 Å². The summed E-state index contributed by atoms with van der Waals surface area (Å²) in [6.45, 7) is 4.92. The van der Waals surface area contributed by atoms with Gasteiger partial charge in [0.25, 0.3) is 11.7 Å². The van der Waals surface area contributed by atoms with Gasteiger partial charge in [-0.2, -0.15) is 0 Å². The quantitative estimate of drug-likeness (QED) is 0.319. The van der Waals surface area contributed by atoms with Crippen molar-refractivity contribution < 1.29 is 19.4 Å². The van der Waals surface area contributed by atoms with Crippen molar-refractivity contribution in [2.75, 3.05) is 6.54 Å². The summed E-state index contributed by atoms with van der Waals surface area (Å²) in [7, 11) is 0. The van der Waals surface area contributed by atoms with Gasteiger partial charge in [0, 0.05) is 31.0 Å². The van der Waals surface area contributed by atoms with Crippen LogP contribution in [0.2, 0.25) is 0 Å². The molecule has 0 unspecified atom stereocenters. The second-order valence-electron chi connectivity index (χ2n) is 8.25. The fourth-order valence-electron chi connectivity index (χ4n) is 4.05. The standard InChI is InChI=1S/C26H27N3O4/c1-18(2)33-21-11-9-19(10-12-21)23-22(24(30)20-7-4-3-5-8-20)25(31)26(32)29(23)15-6-14-28-16-13-27-17-28/h3-5,7-13,16-18,23,30H,6,14-15H2,1-2H3/b24-22+/t23-/m1/s1. The normalized spacial score (nSPS) is 17.7. The number of aliphatic hydroxyl groups is 1. The number of Topliss-reactive ketones (excluding diaryl/α,β-unsaturated/α-hetero) is 1. The molecule has 1 aromatic heterocycles. The molecule has 0 bridgehead atoms. The molecule has 7 nitrogen and oxygen atoms in total. The molecular weight excluding hydrogens is 418 g/mol. The minimum Gasteiger partial charge on any atom is -0.507 e. The number of ether oxygens (including phenoxy) is 1. The van der Waals surface area contributed by atoms with Crippen LogP contribution in [0.1, 0.15) is 37.4 Å². The summed E-state index contributed by atoms with van der Waals surface area (Å²) in [6, 6.07) is 15.5. The number of ketones is 1.